The van der Waals surface area contributed by atoms with Crippen LogP contribution in [-0.4, -0.2) is 68.9 Å². The maximum Gasteiger partial charge on any atom is 0.308 e. The number of quaternary nitrogens is 1. The monoisotopic (exact) mass is 505 g/mol. The Bertz CT molecular complexity index is 786. The van der Waals surface area contributed by atoms with Crippen LogP contribution in [-0.2, 0) is 14.3 Å². The molecule has 7 heteroatoms. The predicted molar refractivity (Wildman–Crippen MR) is 143 cm³/mol. The van der Waals surface area contributed by atoms with Gasteiger partial charge < -0.3 is 24.0 Å². The Labute approximate surface area is 218 Å². The van der Waals surface area contributed by atoms with Gasteiger partial charge in [0, 0.05) is 25.3 Å². The summed E-state index contributed by atoms with van der Waals surface area (Å²) in [7, 11) is 4.38. The fraction of sp³-hybridized carbons (Fsp3) is 0.724. The summed E-state index contributed by atoms with van der Waals surface area (Å²) < 4.78 is 17.8. The van der Waals surface area contributed by atoms with Gasteiger partial charge in [-0.05, 0) is 44.7 Å². The molecule has 0 aliphatic carbocycles. The minimum Gasteiger partial charge on any atom is -0.493 e. The van der Waals surface area contributed by atoms with E-state index >= 15 is 0 Å². The molecule has 7 nitrogen and oxygen atoms in total. The lowest BCUT2D eigenvalue weighted by atomic mass is 9.83. The quantitative estimate of drug-likeness (QED) is 0.178. The molecule has 1 heterocycles. The number of carbonyl (C=O) groups excluding carboxylic acids is 2. The van der Waals surface area contributed by atoms with E-state index in [-0.39, 0.29) is 18.3 Å². The summed E-state index contributed by atoms with van der Waals surface area (Å²) in [6, 6.07) is 7.82. The van der Waals surface area contributed by atoms with Crippen LogP contribution in [0.5, 0.6) is 11.5 Å². The second kappa shape index (κ2) is 15.7. The predicted octanol–water partition coefficient (Wildman–Crippen LogP) is 5.26. The molecule has 0 bridgehead atoms. The number of amides is 1. The molecule has 2 rings (SSSR count). The molecule has 204 valence electrons. The van der Waals surface area contributed by atoms with Crippen molar-refractivity contribution in [2.45, 2.75) is 90.0 Å². The van der Waals surface area contributed by atoms with Crippen LogP contribution in [0.1, 0.15) is 84.5 Å². The van der Waals surface area contributed by atoms with Crippen LogP contribution in [0.4, 0.5) is 0 Å². The first-order valence-corrected chi connectivity index (χ1v) is 13.9. The smallest absolute Gasteiger partial charge is 0.308 e. The van der Waals surface area contributed by atoms with Crippen molar-refractivity contribution < 1.29 is 28.3 Å². The number of carbonyl (C=O) groups is 2. The Morgan fingerprint density at radius 3 is 2.11 bits per heavy atom. The molecule has 1 N–H and O–H groups in total. The molecule has 1 fully saturated rings. The highest BCUT2D eigenvalue weighted by atomic mass is 16.5. The molecular formula is C29H49N2O5+. The van der Waals surface area contributed by atoms with Crippen molar-refractivity contribution in [2.24, 2.45) is 0 Å². The summed E-state index contributed by atoms with van der Waals surface area (Å²) in [6.45, 7) is 7.60. The van der Waals surface area contributed by atoms with Gasteiger partial charge in [0.15, 0.2) is 0 Å². The Balaban J connectivity index is 1.67. The molecule has 1 saturated heterocycles. The van der Waals surface area contributed by atoms with Gasteiger partial charge in [-0.25, -0.2) is 0 Å². The largest absolute Gasteiger partial charge is 0.493 e. The van der Waals surface area contributed by atoms with Crippen molar-refractivity contribution in [1.82, 2.24) is 5.32 Å². The van der Waals surface area contributed by atoms with Gasteiger partial charge >= 0.3 is 5.97 Å². The number of nitrogens with one attached hydrogen (secondary N) is 1. The maximum absolute atomic E-state index is 12.7. The summed E-state index contributed by atoms with van der Waals surface area (Å²) in [5.41, 5.74) is -0.483. The van der Waals surface area contributed by atoms with Crippen LogP contribution in [0.15, 0.2) is 24.3 Å². The first-order valence-electron chi connectivity index (χ1n) is 13.9. The Morgan fingerprint density at radius 2 is 1.53 bits per heavy atom. The second-order valence-corrected chi connectivity index (χ2v) is 10.7. The molecule has 0 saturated carbocycles. The molecule has 0 unspecified atom stereocenters. The van der Waals surface area contributed by atoms with Crippen molar-refractivity contribution >= 4 is 11.9 Å². The lowest BCUT2D eigenvalue weighted by Gasteiger charge is -2.44. The standard InChI is InChI=1S/C29H48N2O5/c1-5-7-8-11-21-35-25-14-13-15-26(23-25)36-22-12-9-10-16-27(32)30-29(24-28(33)34-6-2)17-19-31(3,4)20-18-29/h13-15,23H,5-12,16-22,24H2,1-4H3/p+1. The number of esters is 1. The van der Waals surface area contributed by atoms with Gasteiger partial charge in [-0.2, -0.15) is 0 Å². The number of hydrogen-bond donors (Lipinski definition) is 1. The summed E-state index contributed by atoms with van der Waals surface area (Å²) in [4.78, 5) is 25.0. The lowest BCUT2D eigenvalue weighted by molar-refractivity contribution is -0.896. The van der Waals surface area contributed by atoms with E-state index in [1.807, 2.05) is 31.2 Å². The van der Waals surface area contributed by atoms with E-state index in [1.54, 1.807) is 0 Å². The Kier molecular flexibility index (Phi) is 13.1. The first kappa shape index (κ1) is 29.9. The topological polar surface area (TPSA) is 73.9 Å². The van der Waals surface area contributed by atoms with Crippen LogP contribution in [0, 0.1) is 0 Å². The normalized spacial score (nSPS) is 16.2. The van der Waals surface area contributed by atoms with Gasteiger partial charge in [-0.15, -0.1) is 0 Å². The number of piperidine rings is 1. The number of benzene rings is 1. The zero-order valence-electron chi connectivity index (χ0n) is 23.1. The van der Waals surface area contributed by atoms with E-state index in [4.69, 9.17) is 14.2 Å². The van der Waals surface area contributed by atoms with E-state index in [0.29, 0.717) is 19.6 Å². The van der Waals surface area contributed by atoms with Crippen molar-refractivity contribution in [3.05, 3.63) is 24.3 Å². The first-order chi connectivity index (χ1) is 17.3. The van der Waals surface area contributed by atoms with Crippen LogP contribution in [0.25, 0.3) is 0 Å². The molecule has 1 aliphatic heterocycles. The molecule has 0 radical (unpaired) electrons. The van der Waals surface area contributed by atoms with Gasteiger partial charge in [0.2, 0.25) is 5.91 Å². The molecule has 0 atom stereocenters. The molecule has 36 heavy (non-hydrogen) atoms. The average molecular weight is 506 g/mol. The minimum absolute atomic E-state index is 0.0243. The number of rotatable bonds is 17. The van der Waals surface area contributed by atoms with Crippen LogP contribution < -0.4 is 14.8 Å². The molecule has 1 aliphatic rings. The van der Waals surface area contributed by atoms with Crippen molar-refractivity contribution in [3.8, 4) is 11.5 Å². The van der Waals surface area contributed by atoms with E-state index in [9.17, 15) is 9.59 Å². The molecule has 1 aromatic rings. The fourth-order valence-electron chi connectivity index (χ4n) is 4.59. The van der Waals surface area contributed by atoms with E-state index < -0.39 is 5.54 Å². The summed E-state index contributed by atoms with van der Waals surface area (Å²) in [5, 5.41) is 3.22. The Hall–Kier alpha value is -2.28. The van der Waals surface area contributed by atoms with Crippen molar-refractivity contribution in [2.75, 3.05) is 47.0 Å². The van der Waals surface area contributed by atoms with Crippen molar-refractivity contribution in [1.29, 1.82) is 0 Å². The minimum atomic E-state index is -0.483. The summed E-state index contributed by atoms with van der Waals surface area (Å²) in [5.74, 6) is 1.46. The zero-order valence-corrected chi connectivity index (χ0v) is 23.1. The highest BCUT2D eigenvalue weighted by Crippen LogP contribution is 2.29. The van der Waals surface area contributed by atoms with Crippen molar-refractivity contribution in [3.63, 3.8) is 0 Å². The van der Waals surface area contributed by atoms with Crippen LogP contribution in [0.2, 0.25) is 0 Å². The van der Waals surface area contributed by atoms with Gasteiger partial charge in [-0.1, -0.05) is 32.3 Å². The fourth-order valence-corrected chi connectivity index (χ4v) is 4.59. The molecule has 1 amide bonds. The molecule has 0 aromatic heterocycles. The Morgan fingerprint density at radius 1 is 0.917 bits per heavy atom. The number of unbranched alkanes of at least 4 members (excludes halogenated alkanes) is 5. The number of hydrogen-bond acceptors (Lipinski definition) is 5. The summed E-state index contributed by atoms with van der Waals surface area (Å²) in [6.07, 6.45) is 9.65. The molecule has 0 spiro atoms. The van der Waals surface area contributed by atoms with Gasteiger partial charge in [0.25, 0.3) is 0 Å². The zero-order chi connectivity index (χ0) is 26.3. The highest BCUT2D eigenvalue weighted by molar-refractivity contribution is 5.78. The number of likely N-dealkylation sites (tertiary alicyclic amines) is 1. The third-order valence-electron chi connectivity index (χ3n) is 6.97. The third-order valence-corrected chi connectivity index (χ3v) is 6.97. The summed E-state index contributed by atoms with van der Waals surface area (Å²) >= 11 is 0. The van der Waals surface area contributed by atoms with Gasteiger partial charge in [0.05, 0.1) is 59.0 Å². The van der Waals surface area contributed by atoms with E-state index in [2.05, 4.69) is 26.3 Å². The molecular weight excluding hydrogens is 456 g/mol. The number of nitrogens with zero attached hydrogens (tertiary/aromatic N) is 1. The van der Waals surface area contributed by atoms with Crippen LogP contribution in [0.3, 0.4) is 0 Å². The van der Waals surface area contributed by atoms with E-state index in [0.717, 1.165) is 74.2 Å². The SMILES string of the molecule is CCCCCCOc1cccc(OCCCCCC(=O)NC2(CC(=O)OCC)CC[N+](C)(C)CC2)c1. The highest BCUT2D eigenvalue weighted by Gasteiger charge is 2.41. The second-order valence-electron chi connectivity index (χ2n) is 10.7. The number of ether oxygens (including phenoxy) is 3. The van der Waals surface area contributed by atoms with Gasteiger partial charge in [0.1, 0.15) is 11.5 Å². The van der Waals surface area contributed by atoms with Crippen LogP contribution >= 0.6 is 0 Å². The average Bonchev–Trinajstić information content (AvgIpc) is 2.83. The molecule has 1 aromatic carbocycles. The van der Waals surface area contributed by atoms with E-state index in [1.165, 1.54) is 19.3 Å². The lowest BCUT2D eigenvalue weighted by Crippen LogP contribution is -2.60. The maximum atomic E-state index is 12.7. The van der Waals surface area contributed by atoms with Gasteiger partial charge in [-0.3, -0.25) is 9.59 Å². The third kappa shape index (κ3) is 11.6.